The number of rotatable bonds is 7. The zero-order valence-electron chi connectivity index (χ0n) is 19.7. The lowest BCUT2D eigenvalue weighted by Gasteiger charge is -2.36. The Balaban J connectivity index is 1.66. The number of benzene rings is 1. The van der Waals surface area contributed by atoms with Crippen molar-refractivity contribution in [1.29, 1.82) is 5.26 Å². The molecule has 0 saturated carbocycles. The molecule has 0 radical (unpaired) electrons. The van der Waals surface area contributed by atoms with Gasteiger partial charge in [-0.1, -0.05) is 0 Å². The molecule has 1 aliphatic rings. The second kappa shape index (κ2) is 10.2. The summed E-state index contributed by atoms with van der Waals surface area (Å²) in [5.74, 6) is 0.319. The molecule has 35 heavy (non-hydrogen) atoms. The molecule has 1 aromatic carbocycles. The van der Waals surface area contributed by atoms with Gasteiger partial charge in [0.2, 0.25) is 18.1 Å². The minimum atomic E-state index is -0.818. The number of nitrogens with one attached hydrogen (secondary N) is 2. The smallest absolute Gasteiger partial charge is 0.232 e. The fraction of sp³-hybridized carbons (Fsp3) is 0.375. The number of carbonyl (C=O) groups excluding carboxylic acids is 1. The second-order valence-electron chi connectivity index (χ2n) is 8.67. The summed E-state index contributed by atoms with van der Waals surface area (Å²) in [5, 5.41) is 11.8. The number of hydrogen-bond donors (Lipinski definition) is 2. The summed E-state index contributed by atoms with van der Waals surface area (Å²) in [6.07, 6.45) is 1.09. The Hall–Kier alpha value is -3.88. The van der Waals surface area contributed by atoms with Crippen LogP contribution in [0, 0.1) is 22.6 Å². The molecule has 0 unspecified atom stereocenters. The fourth-order valence-corrected chi connectivity index (χ4v) is 3.75. The van der Waals surface area contributed by atoms with Crippen molar-refractivity contribution in [2.45, 2.75) is 19.6 Å². The monoisotopic (exact) mass is 479 g/mol. The molecule has 2 aromatic heterocycles. The van der Waals surface area contributed by atoms with Gasteiger partial charge in [-0.2, -0.15) is 5.26 Å². The second-order valence-corrected chi connectivity index (χ2v) is 8.67. The van der Waals surface area contributed by atoms with E-state index in [0.29, 0.717) is 47.4 Å². The molecule has 0 atom stereocenters. The molecule has 182 valence electrons. The summed E-state index contributed by atoms with van der Waals surface area (Å²) in [7, 11) is 3.39. The van der Waals surface area contributed by atoms with E-state index < -0.39 is 11.7 Å². The first kappa shape index (κ1) is 24.3. The van der Waals surface area contributed by atoms with Crippen LogP contribution in [0.5, 0.6) is 0 Å². The van der Waals surface area contributed by atoms with Crippen LogP contribution in [0.4, 0.5) is 10.3 Å². The number of H-pyrrole nitrogens is 1. The minimum Gasteiger partial charge on any atom is -0.353 e. The molecule has 3 heterocycles. The van der Waals surface area contributed by atoms with Crippen molar-refractivity contribution in [2.75, 3.05) is 39.2 Å². The van der Waals surface area contributed by atoms with Gasteiger partial charge in [0.05, 0.1) is 48.2 Å². The van der Waals surface area contributed by atoms with Crippen LogP contribution >= 0.6 is 0 Å². The van der Waals surface area contributed by atoms with E-state index in [9.17, 15) is 9.18 Å². The lowest BCUT2D eigenvalue weighted by atomic mass is 9.90. The Morgan fingerprint density at radius 1 is 1.26 bits per heavy atom. The maximum absolute atomic E-state index is 13.6. The number of anilines is 1. The van der Waals surface area contributed by atoms with Crippen molar-refractivity contribution in [3.63, 3.8) is 0 Å². The molecule has 0 bridgehead atoms. The number of imidazole rings is 1. The molecular weight excluding hydrogens is 453 g/mol. The SMILES string of the molecule is CN(C)C(=O)C1(C)COC(c2nc(-c3ccc(F)cc3)c(-c3ccnc(NCCC#N)n3)[nH]2)OC1. The third kappa shape index (κ3) is 5.29. The summed E-state index contributed by atoms with van der Waals surface area (Å²) in [6.45, 7) is 2.53. The number of nitrogens with zero attached hydrogens (tertiary/aromatic N) is 5. The van der Waals surface area contributed by atoms with Gasteiger partial charge in [0, 0.05) is 32.4 Å². The highest BCUT2D eigenvalue weighted by molar-refractivity contribution is 5.82. The predicted octanol–water partition coefficient (Wildman–Crippen LogP) is 3.14. The quantitative estimate of drug-likeness (QED) is 0.495. The fourth-order valence-electron chi connectivity index (χ4n) is 3.75. The van der Waals surface area contributed by atoms with Gasteiger partial charge < -0.3 is 24.7 Å². The topological polar surface area (TPSA) is 129 Å². The Bertz CT molecular complexity index is 1230. The molecule has 3 aromatic rings. The maximum atomic E-state index is 13.6. The number of aromatic nitrogens is 4. The summed E-state index contributed by atoms with van der Waals surface area (Å²) in [6, 6.07) is 9.74. The van der Waals surface area contributed by atoms with Crippen LogP contribution in [-0.2, 0) is 14.3 Å². The Morgan fingerprint density at radius 3 is 2.63 bits per heavy atom. The van der Waals surface area contributed by atoms with Crippen molar-refractivity contribution in [2.24, 2.45) is 5.41 Å². The molecule has 1 fully saturated rings. The van der Waals surface area contributed by atoms with E-state index in [2.05, 4.69) is 26.3 Å². The van der Waals surface area contributed by atoms with Crippen molar-refractivity contribution in [1.82, 2.24) is 24.8 Å². The third-order valence-electron chi connectivity index (χ3n) is 5.52. The van der Waals surface area contributed by atoms with Gasteiger partial charge in [-0.05, 0) is 37.3 Å². The molecule has 4 rings (SSSR count). The highest BCUT2D eigenvalue weighted by Gasteiger charge is 2.41. The van der Waals surface area contributed by atoms with Gasteiger partial charge in [-0.3, -0.25) is 4.79 Å². The van der Waals surface area contributed by atoms with Crippen LogP contribution in [0.1, 0.15) is 25.5 Å². The number of hydrogen-bond acceptors (Lipinski definition) is 8. The first-order chi connectivity index (χ1) is 16.8. The van der Waals surface area contributed by atoms with E-state index in [1.807, 2.05) is 0 Å². The van der Waals surface area contributed by atoms with E-state index >= 15 is 0 Å². The highest BCUT2D eigenvalue weighted by Crippen LogP contribution is 2.36. The van der Waals surface area contributed by atoms with E-state index in [0.717, 1.165) is 0 Å². The normalized spacial score (nSPS) is 19.7. The zero-order chi connectivity index (χ0) is 25.0. The van der Waals surface area contributed by atoms with Crippen molar-refractivity contribution >= 4 is 11.9 Å². The molecule has 1 aliphatic heterocycles. The molecule has 11 heteroatoms. The molecule has 2 N–H and O–H groups in total. The molecule has 10 nitrogen and oxygen atoms in total. The number of aromatic amines is 1. The van der Waals surface area contributed by atoms with Gasteiger partial charge in [0.1, 0.15) is 5.82 Å². The first-order valence-corrected chi connectivity index (χ1v) is 11.1. The number of amides is 1. The average molecular weight is 480 g/mol. The van der Waals surface area contributed by atoms with E-state index in [1.165, 1.54) is 17.0 Å². The summed E-state index contributed by atoms with van der Waals surface area (Å²) >= 11 is 0. The van der Waals surface area contributed by atoms with Crippen LogP contribution in [0.15, 0.2) is 36.5 Å². The minimum absolute atomic E-state index is 0.0829. The summed E-state index contributed by atoms with van der Waals surface area (Å²) in [5.41, 5.74) is 1.52. The largest absolute Gasteiger partial charge is 0.353 e. The number of carbonyl (C=O) groups is 1. The lowest BCUT2D eigenvalue weighted by molar-refractivity contribution is -0.233. The van der Waals surface area contributed by atoms with Gasteiger partial charge in [0.25, 0.3) is 0 Å². The average Bonchev–Trinajstić information content (AvgIpc) is 3.30. The third-order valence-corrected chi connectivity index (χ3v) is 5.52. The van der Waals surface area contributed by atoms with E-state index in [1.54, 1.807) is 45.4 Å². The molecule has 0 spiro atoms. The highest BCUT2D eigenvalue weighted by atomic mass is 19.1. The molecular formula is C24H26FN7O3. The molecule has 1 amide bonds. The van der Waals surface area contributed by atoms with E-state index in [4.69, 9.17) is 19.7 Å². The van der Waals surface area contributed by atoms with Crippen molar-refractivity contribution in [3.05, 3.63) is 48.2 Å². The number of nitriles is 1. The summed E-state index contributed by atoms with van der Waals surface area (Å²) in [4.78, 5) is 30.7. The Kier molecular flexibility index (Phi) is 7.04. The van der Waals surface area contributed by atoms with Crippen molar-refractivity contribution in [3.8, 4) is 28.7 Å². The Labute approximate surface area is 202 Å². The first-order valence-electron chi connectivity index (χ1n) is 11.1. The number of halogens is 1. The molecule has 1 saturated heterocycles. The van der Waals surface area contributed by atoms with E-state index in [-0.39, 0.29) is 24.9 Å². The van der Waals surface area contributed by atoms with Gasteiger partial charge in [-0.15, -0.1) is 0 Å². The van der Waals surface area contributed by atoms with Crippen LogP contribution in [0.3, 0.4) is 0 Å². The predicted molar refractivity (Wildman–Crippen MR) is 125 cm³/mol. The standard InChI is InChI=1S/C24H26FN7O3/c1-24(22(33)32(2)3)13-34-21(35-14-24)20-30-18(15-5-7-16(25)8-6-15)19(31-20)17-9-12-28-23(29-17)27-11-4-10-26/h5-9,12,21H,4,11,13-14H2,1-3H3,(H,30,31)(H,27,28,29). The molecule has 0 aliphatic carbocycles. The van der Waals surface area contributed by atoms with Crippen molar-refractivity contribution < 1.29 is 18.7 Å². The maximum Gasteiger partial charge on any atom is 0.232 e. The van der Waals surface area contributed by atoms with Gasteiger partial charge in [-0.25, -0.2) is 19.3 Å². The van der Waals surface area contributed by atoms with Crippen LogP contribution in [-0.4, -0.2) is 64.6 Å². The van der Waals surface area contributed by atoms with Crippen LogP contribution < -0.4 is 5.32 Å². The summed E-state index contributed by atoms with van der Waals surface area (Å²) < 4.78 is 25.4. The number of ether oxygens (including phenoxy) is 2. The van der Waals surface area contributed by atoms with Gasteiger partial charge >= 0.3 is 0 Å². The zero-order valence-corrected chi connectivity index (χ0v) is 19.7. The van der Waals surface area contributed by atoms with Crippen LogP contribution in [0.25, 0.3) is 22.6 Å². The van der Waals surface area contributed by atoms with Gasteiger partial charge in [0.15, 0.2) is 5.82 Å². The Morgan fingerprint density at radius 2 is 1.97 bits per heavy atom. The van der Waals surface area contributed by atoms with Crippen LogP contribution in [0.2, 0.25) is 0 Å². The lowest BCUT2D eigenvalue weighted by Crippen LogP contribution is -2.48.